The van der Waals surface area contributed by atoms with Gasteiger partial charge in [0.25, 0.3) is 0 Å². The molecule has 0 atom stereocenters. The van der Waals surface area contributed by atoms with E-state index in [9.17, 15) is 0 Å². The van der Waals surface area contributed by atoms with Crippen LogP contribution in [0.3, 0.4) is 0 Å². The van der Waals surface area contributed by atoms with Gasteiger partial charge in [0.15, 0.2) is 0 Å². The quantitative estimate of drug-likeness (QED) is 0.279. The molecule has 0 heterocycles. The van der Waals surface area contributed by atoms with Crippen LogP contribution in [-0.2, 0) is 6.54 Å². The molecular formula is C31H35N3. The van der Waals surface area contributed by atoms with Gasteiger partial charge in [0.05, 0.1) is 0 Å². The summed E-state index contributed by atoms with van der Waals surface area (Å²) in [5.41, 5.74) is 8.85. The van der Waals surface area contributed by atoms with Crippen LogP contribution in [-0.4, -0.2) is 35.2 Å². The summed E-state index contributed by atoms with van der Waals surface area (Å²) in [7, 11) is 10.5. The number of hydrogen-bond acceptors (Lipinski definition) is 3. The summed E-state index contributed by atoms with van der Waals surface area (Å²) >= 11 is 0. The first-order chi connectivity index (χ1) is 16.4. The second-order valence-corrected chi connectivity index (χ2v) is 9.34. The first kappa shape index (κ1) is 23.4. The van der Waals surface area contributed by atoms with Crippen LogP contribution in [0, 0.1) is 0 Å². The summed E-state index contributed by atoms with van der Waals surface area (Å²) < 4.78 is 0. The zero-order chi connectivity index (χ0) is 24.1. The number of hydrogen-bond donors (Lipinski definition) is 0. The Kier molecular flexibility index (Phi) is 7.22. The molecule has 0 radical (unpaired) electrons. The van der Waals surface area contributed by atoms with Gasteiger partial charge in [-0.3, -0.25) is 0 Å². The second-order valence-electron chi connectivity index (χ2n) is 9.34. The maximum absolute atomic E-state index is 2.30. The maximum Gasteiger partial charge on any atom is 0.0426 e. The van der Waals surface area contributed by atoms with E-state index in [4.69, 9.17) is 0 Å². The molecule has 0 aliphatic carbocycles. The van der Waals surface area contributed by atoms with Crippen LogP contribution in [0.15, 0.2) is 103 Å². The van der Waals surface area contributed by atoms with Gasteiger partial charge in [-0.15, -0.1) is 0 Å². The third kappa shape index (κ3) is 5.43. The number of nitrogens with zero attached hydrogens (tertiary/aromatic N) is 3. The lowest BCUT2D eigenvalue weighted by molar-refractivity contribution is 0.918. The Morgan fingerprint density at radius 1 is 0.471 bits per heavy atom. The predicted octanol–water partition coefficient (Wildman–Crippen LogP) is 6.64. The lowest BCUT2D eigenvalue weighted by Gasteiger charge is -2.23. The molecule has 0 aromatic heterocycles. The van der Waals surface area contributed by atoms with Gasteiger partial charge >= 0.3 is 0 Å². The first-order valence-electron chi connectivity index (χ1n) is 11.8. The molecule has 0 saturated carbocycles. The minimum Gasteiger partial charge on any atom is -0.378 e. The van der Waals surface area contributed by atoms with Crippen molar-refractivity contribution in [3.63, 3.8) is 0 Å². The van der Waals surface area contributed by atoms with Crippen LogP contribution in [0.2, 0.25) is 0 Å². The number of rotatable bonds is 8. The number of benzene rings is 4. The molecule has 4 aromatic carbocycles. The molecule has 0 aliphatic rings. The third-order valence-electron chi connectivity index (χ3n) is 6.42. The fraction of sp³-hybridized carbons (Fsp3) is 0.226. The van der Waals surface area contributed by atoms with Crippen molar-refractivity contribution in [3.8, 4) is 0 Å². The van der Waals surface area contributed by atoms with Crippen LogP contribution in [0.4, 0.5) is 17.1 Å². The SMILES string of the molecule is CN(C)c1ccc(C(c2ccc(N(C)C)cc2)c2ccc(N(C)Cc3ccccc3)cc2)cc1. The molecule has 0 fully saturated rings. The monoisotopic (exact) mass is 449 g/mol. The highest BCUT2D eigenvalue weighted by Crippen LogP contribution is 2.34. The molecule has 4 rings (SSSR count). The Morgan fingerprint density at radius 3 is 1.24 bits per heavy atom. The van der Waals surface area contributed by atoms with Gasteiger partial charge in [-0.25, -0.2) is 0 Å². The highest BCUT2D eigenvalue weighted by atomic mass is 15.1. The summed E-state index contributed by atoms with van der Waals surface area (Å²) in [6.45, 7) is 0.890. The Balaban J connectivity index is 1.65. The Morgan fingerprint density at radius 2 is 0.853 bits per heavy atom. The van der Waals surface area contributed by atoms with E-state index in [0.29, 0.717) is 0 Å². The largest absolute Gasteiger partial charge is 0.378 e. The van der Waals surface area contributed by atoms with Gasteiger partial charge in [-0.1, -0.05) is 66.7 Å². The highest BCUT2D eigenvalue weighted by Gasteiger charge is 2.18. The van der Waals surface area contributed by atoms with Gasteiger partial charge in [0.2, 0.25) is 0 Å². The zero-order valence-corrected chi connectivity index (χ0v) is 20.9. The molecule has 0 saturated heterocycles. The van der Waals surface area contributed by atoms with Gasteiger partial charge in [0, 0.05) is 64.8 Å². The van der Waals surface area contributed by atoms with Crippen LogP contribution in [0.5, 0.6) is 0 Å². The van der Waals surface area contributed by atoms with Gasteiger partial charge in [-0.05, 0) is 58.7 Å². The van der Waals surface area contributed by atoms with Crippen molar-refractivity contribution < 1.29 is 0 Å². The van der Waals surface area contributed by atoms with Gasteiger partial charge in [0.1, 0.15) is 0 Å². The lowest BCUT2D eigenvalue weighted by atomic mass is 9.85. The van der Waals surface area contributed by atoms with E-state index in [0.717, 1.165) is 6.54 Å². The van der Waals surface area contributed by atoms with Gasteiger partial charge < -0.3 is 14.7 Å². The molecule has 34 heavy (non-hydrogen) atoms. The van der Waals surface area contributed by atoms with E-state index < -0.39 is 0 Å². The topological polar surface area (TPSA) is 9.72 Å². The summed E-state index contributed by atoms with van der Waals surface area (Å²) in [6, 6.07) is 37.5. The summed E-state index contributed by atoms with van der Waals surface area (Å²) in [6.07, 6.45) is 0. The van der Waals surface area contributed by atoms with Crippen molar-refractivity contribution >= 4 is 17.1 Å². The minimum atomic E-state index is 0.181. The molecule has 0 N–H and O–H groups in total. The highest BCUT2D eigenvalue weighted by molar-refractivity contribution is 5.55. The van der Waals surface area contributed by atoms with Crippen molar-refractivity contribution in [3.05, 3.63) is 125 Å². The molecule has 0 amide bonds. The van der Waals surface area contributed by atoms with Crippen molar-refractivity contribution in [2.45, 2.75) is 12.5 Å². The molecule has 174 valence electrons. The normalized spacial score (nSPS) is 10.9. The molecule has 0 unspecified atom stereocenters. The molecular weight excluding hydrogens is 414 g/mol. The fourth-order valence-corrected chi connectivity index (χ4v) is 4.38. The third-order valence-corrected chi connectivity index (χ3v) is 6.42. The van der Waals surface area contributed by atoms with E-state index in [1.54, 1.807) is 0 Å². The molecule has 3 heteroatoms. The van der Waals surface area contributed by atoms with Gasteiger partial charge in [-0.2, -0.15) is 0 Å². The fourth-order valence-electron chi connectivity index (χ4n) is 4.38. The molecule has 0 bridgehead atoms. The molecule has 0 aliphatic heterocycles. The first-order valence-corrected chi connectivity index (χ1v) is 11.8. The van der Waals surface area contributed by atoms with Crippen LogP contribution < -0.4 is 14.7 Å². The van der Waals surface area contributed by atoms with E-state index in [-0.39, 0.29) is 5.92 Å². The van der Waals surface area contributed by atoms with E-state index in [1.807, 2.05) is 0 Å². The molecule has 4 aromatic rings. The Labute approximate surface area is 204 Å². The molecule has 0 spiro atoms. The average molecular weight is 450 g/mol. The Bertz CT molecular complexity index is 1110. The summed E-state index contributed by atoms with van der Waals surface area (Å²) in [5.74, 6) is 0.181. The van der Waals surface area contributed by atoms with Crippen LogP contribution in [0.25, 0.3) is 0 Å². The standard InChI is InChI=1S/C31H35N3/c1-32(2)28-17-11-25(12-18-28)31(26-13-19-29(20-14-26)33(3)4)27-15-21-30(22-16-27)34(5)23-24-9-7-6-8-10-24/h6-22,31H,23H2,1-5H3. The van der Waals surface area contributed by atoms with E-state index >= 15 is 0 Å². The second kappa shape index (κ2) is 10.5. The summed E-state index contributed by atoms with van der Waals surface area (Å²) in [5, 5.41) is 0. The zero-order valence-electron chi connectivity index (χ0n) is 20.9. The lowest BCUT2D eigenvalue weighted by Crippen LogP contribution is -2.16. The Hall–Kier alpha value is -3.72. The smallest absolute Gasteiger partial charge is 0.0426 e. The maximum atomic E-state index is 2.30. The predicted molar refractivity (Wildman–Crippen MR) is 147 cm³/mol. The minimum absolute atomic E-state index is 0.181. The van der Waals surface area contributed by atoms with E-state index in [2.05, 4.69) is 153 Å². The van der Waals surface area contributed by atoms with Crippen molar-refractivity contribution in [2.24, 2.45) is 0 Å². The van der Waals surface area contributed by atoms with E-state index in [1.165, 1.54) is 39.3 Å². The van der Waals surface area contributed by atoms with Crippen molar-refractivity contribution in [1.29, 1.82) is 0 Å². The molecule has 3 nitrogen and oxygen atoms in total. The summed E-state index contributed by atoms with van der Waals surface area (Å²) in [4.78, 5) is 6.58. The van der Waals surface area contributed by atoms with Crippen LogP contribution in [0.1, 0.15) is 28.2 Å². The van der Waals surface area contributed by atoms with Crippen molar-refractivity contribution in [2.75, 3.05) is 49.9 Å². The van der Waals surface area contributed by atoms with Crippen molar-refractivity contribution in [1.82, 2.24) is 0 Å². The number of anilines is 3. The van der Waals surface area contributed by atoms with Crippen LogP contribution >= 0.6 is 0 Å². The average Bonchev–Trinajstić information content (AvgIpc) is 2.86.